The lowest BCUT2D eigenvalue weighted by Crippen LogP contribution is -2.51. The van der Waals surface area contributed by atoms with Gasteiger partial charge in [-0.2, -0.15) is 0 Å². The molecule has 1 heterocycles. The largest absolute Gasteiger partial charge is 0.333 e. The lowest BCUT2D eigenvalue weighted by atomic mass is 10.1. The van der Waals surface area contributed by atoms with E-state index in [1.165, 1.54) is 4.88 Å². The quantitative estimate of drug-likeness (QED) is 0.596. The van der Waals surface area contributed by atoms with Crippen molar-refractivity contribution in [2.24, 2.45) is 0 Å². The van der Waals surface area contributed by atoms with Gasteiger partial charge in [-0.05, 0) is 51.8 Å². The first kappa shape index (κ1) is 23.9. The maximum absolute atomic E-state index is 13.3. The number of nitrogens with zero attached hydrogens (tertiary/aromatic N) is 2. The van der Waals surface area contributed by atoms with Crippen LogP contribution in [-0.4, -0.2) is 40.4 Å². The van der Waals surface area contributed by atoms with Crippen molar-refractivity contribution in [3.05, 3.63) is 57.8 Å². The number of hydrogen-bond donors (Lipinski definition) is 1. The van der Waals surface area contributed by atoms with Crippen molar-refractivity contribution in [3.63, 3.8) is 0 Å². The molecule has 2 aromatic rings. The smallest absolute Gasteiger partial charge is 0.318 e. The summed E-state index contributed by atoms with van der Waals surface area (Å²) in [4.78, 5) is 32.0. The molecule has 0 aliphatic heterocycles. The molecule has 0 aliphatic carbocycles. The van der Waals surface area contributed by atoms with Gasteiger partial charge >= 0.3 is 6.03 Å². The number of carbonyl (C=O) groups is 2. The van der Waals surface area contributed by atoms with E-state index in [2.05, 4.69) is 31.3 Å². The van der Waals surface area contributed by atoms with Crippen LogP contribution < -0.4 is 5.32 Å². The van der Waals surface area contributed by atoms with Gasteiger partial charge in [-0.3, -0.25) is 4.79 Å². The third-order valence-corrected chi connectivity index (χ3v) is 5.57. The molecule has 0 saturated carbocycles. The van der Waals surface area contributed by atoms with E-state index in [0.717, 1.165) is 23.3 Å². The van der Waals surface area contributed by atoms with Crippen LogP contribution in [0.5, 0.6) is 0 Å². The lowest BCUT2D eigenvalue weighted by Gasteiger charge is -2.30. The molecule has 164 valence electrons. The van der Waals surface area contributed by atoms with Crippen LogP contribution in [0.2, 0.25) is 0 Å². The van der Waals surface area contributed by atoms with Crippen molar-refractivity contribution >= 4 is 23.3 Å². The van der Waals surface area contributed by atoms with Crippen molar-refractivity contribution in [3.8, 4) is 0 Å². The van der Waals surface area contributed by atoms with Gasteiger partial charge in [-0.25, -0.2) is 4.79 Å². The van der Waals surface area contributed by atoms with Gasteiger partial charge < -0.3 is 15.1 Å². The maximum Gasteiger partial charge on any atom is 0.318 e. The molecule has 5 nitrogen and oxygen atoms in total. The van der Waals surface area contributed by atoms with Gasteiger partial charge in [0.2, 0.25) is 5.91 Å². The molecule has 0 fully saturated rings. The first-order valence-electron chi connectivity index (χ1n) is 10.6. The molecule has 0 spiro atoms. The molecular weight excluding hydrogens is 394 g/mol. The number of urea groups is 1. The molecule has 0 radical (unpaired) electrons. The van der Waals surface area contributed by atoms with Crippen LogP contribution >= 0.6 is 11.3 Å². The molecular formula is C24H35N3O2S. The number of unbranched alkanes of at least 4 members (excludes halogenated alkanes) is 1. The third-order valence-electron chi connectivity index (χ3n) is 4.59. The summed E-state index contributed by atoms with van der Waals surface area (Å²) < 4.78 is 0. The molecule has 1 N–H and O–H groups in total. The van der Waals surface area contributed by atoms with E-state index in [9.17, 15) is 9.59 Å². The van der Waals surface area contributed by atoms with Crippen LogP contribution in [0, 0.1) is 6.92 Å². The summed E-state index contributed by atoms with van der Waals surface area (Å²) in [6.07, 6.45) is 1.84. The Morgan fingerprint density at radius 2 is 1.70 bits per heavy atom. The summed E-state index contributed by atoms with van der Waals surface area (Å²) >= 11 is 1.70. The van der Waals surface area contributed by atoms with Crippen molar-refractivity contribution in [1.29, 1.82) is 0 Å². The molecule has 0 saturated heterocycles. The summed E-state index contributed by atoms with van der Waals surface area (Å²) in [6.45, 7) is 11.7. The monoisotopic (exact) mass is 429 g/mol. The number of rotatable bonds is 9. The Balaban J connectivity index is 2.17. The van der Waals surface area contributed by atoms with Gasteiger partial charge in [-0.15, -0.1) is 11.3 Å². The van der Waals surface area contributed by atoms with Crippen LogP contribution in [0.1, 0.15) is 55.9 Å². The highest BCUT2D eigenvalue weighted by molar-refractivity contribution is 7.11. The molecule has 2 rings (SSSR count). The minimum absolute atomic E-state index is 0.0370. The average molecular weight is 430 g/mol. The predicted octanol–water partition coefficient (Wildman–Crippen LogP) is 5.20. The summed E-state index contributed by atoms with van der Waals surface area (Å²) in [5.74, 6) is -0.0370. The zero-order valence-corrected chi connectivity index (χ0v) is 19.7. The normalized spacial score (nSPS) is 11.2. The Kier molecular flexibility index (Phi) is 8.90. The van der Waals surface area contributed by atoms with Crippen LogP contribution in [0.4, 0.5) is 4.79 Å². The highest BCUT2D eigenvalue weighted by Crippen LogP contribution is 2.19. The third kappa shape index (κ3) is 8.19. The molecule has 1 aromatic carbocycles. The Labute approximate surface area is 185 Å². The van der Waals surface area contributed by atoms with Crippen LogP contribution in [-0.2, 0) is 17.9 Å². The van der Waals surface area contributed by atoms with E-state index >= 15 is 0 Å². The fourth-order valence-corrected chi connectivity index (χ4v) is 3.96. The average Bonchev–Trinajstić information content (AvgIpc) is 3.08. The molecule has 0 aliphatic rings. The van der Waals surface area contributed by atoms with Gasteiger partial charge in [0.05, 0.1) is 6.54 Å². The Bertz CT molecular complexity index is 811. The molecule has 3 amide bonds. The number of thiophene rings is 1. The SMILES string of the molecule is CCCCN(CC(=O)N(Cc1ccccc1)Cc1ccc(C)s1)C(=O)NC(C)(C)C. The van der Waals surface area contributed by atoms with Crippen LogP contribution in [0.25, 0.3) is 0 Å². The zero-order valence-electron chi connectivity index (χ0n) is 18.9. The van der Waals surface area contributed by atoms with E-state index < -0.39 is 0 Å². The van der Waals surface area contributed by atoms with Gasteiger partial charge in [0, 0.05) is 28.4 Å². The zero-order chi connectivity index (χ0) is 22.1. The topological polar surface area (TPSA) is 52.7 Å². The van der Waals surface area contributed by atoms with Crippen molar-refractivity contribution in [1.82, 2.24) is 15.1 Å². The number of nitrogens with one attached hydrogen (secondary N) is 1. The predicted molar refractivity (Wildman–Crippen MR) is 125 cm³/mol. The number of benzene rings is 1. The second-order valence-electron chi connectivity index (χ2n) is 8.70. The fraction of sp³-hybridized carbons (Fsp3) is 0.500. The van der Waals surface area contributed by atoms with E-state index in [0.29, 0.717) is 19.6 Å². The Morgan fingerprint density at radius 3 is 2.27 bits per heavy atom. The van der Waals surface area contributed by atoms with Crippen molar-refractivity contribution < 1.29 is 9.59 Å². The van der Waals surface area contributed by atoms with Gasteiger partial charge in [-0.1, -0.05) is 43.7 Å². The second-order valence-corrected chi connectivity index (χ2v) is 10.1. The summed E-state index contributed by atoms with van der Waals surface area (Å²) in [5, 5.41) is 2.99. The summed E-state index contributed by atoms with van der Waals surface area (Å²) in [7, 11) is 0. The second kappa shape index (κ2) is 11.2. The Hall–Kier alpha value is -2.34. The molecule has 0 bridgehead atoms. The van der Waals surface area contributed by atoms with Crippen LogP contribution in [0.15, 0.2) is 42.5 Å². The van der Waals surface area contributed by atoms with E-state index in [4.69, 9.17) is 0 Å². The molecule has 0 atom stereocenters. The highest BCUT2D eigenvalue weighted by atomic mass is 32.1. The van der Waals surface area contributed by atoms with E-state index in [1.54, 1.807) is 16.2 Å². The van der Waals surface area contributed by atoms with Gasteiger partial charge in [0.15, 0.2) is 0 Å². The first-order valence-corrected chi connectivity index (χ1v) is 11.4. The Morgan fingerprint density at radius 1 is 1.00 bits per heavy atom. The van der Waals surface area contributed by atoms with E-state index in [1.807, 2.05) is 56.0 Å². The van der Waals surface area contributed by atoms with Gasteiger partial charge in [0.25, 0.3) is 0 Å². The number of carbonyl (C=O) groups excluding carboxylic acids is 2. The van der Waals surface area contributed by atoms with Gasteiger partial charge in [0.1, 0.15) is 6.54 Å². The minimum atomic E-state index is -0.344. The number of hydrogen-bond acceptors (Lipinski definition) is 3. The lowest BCUT2D eigenvalue weighted by molar-refractivity contribution is -0.133. The van der Waals surface area contributed by atoms with Crippen molar-refractivity contribution in [2.75, 3.05) is 13.1 Å². The minimum Gasteiger partial charge on any atom is -0.333 e. The van der Waals surface area contributed by atoms with Crippen LogP contribution in [0.3, 0.4) is 0 Å². The highest BCUT2D eigenvalue weighted by Gasteiger charge is 2.24. The molecule has 30 heavy (non-hydrogen) atoms. The van der Waals surface area contributed by atoms with E-state index in [-0.39, 0.29) is 24.0 Å². The first-order chi connectivity index (χ1) is 14.2. The fourth-order valence-electron chi connectivity index (χ4n) is 3.06. The molecule has 0 unspecified atom stereocenters. The standard InChI is InChI=1S/C24H35N3O2S/c1-6-7-15-26(23(29)25-24(3,4)5)18-22(28)27(16-20-11-9-8-10-12-20)17-21-14-13-19(2)30-21/h8-14H,6-7,15-18H2,1-5H3,(H,25,29). The summed E-state index contributed by atoms with van der Waals surface area (Å²) in [6, 6.07) is 14.0. The number of aryl methyl sites for hydroxylation is 1. The van der Waals surface area contributed by atoms with Crippen molar-refractivity contribution in [2.45, 2.75) is 66.1 Å². The molecule has 6 heteroatoms. The maximum atomic E-state index is 13.3. The number of amides is 3. The summed E-state index contributed by atoms with van der Waals surface area (Å²) in [5.41, 5.74) is 0.737. The molecule has 1 aromatic heterocycles.